The molecule has 0 radical (unpaired) electrons. The van der Waals surface area contributed by atoms with Crippen molar-refractivity contribution < 1.29 is 9.90 Å². The fourth-order valence-corrected chi connectivity index (χ4v) is 7.05. The predicted octanol–water partition coefficient (Wildman–Crippen LogP) is 3.38. The van der Waals surface area contributed by atoms with Crippen molar-refractivity contribution in [3.63, 3.8) is 0 Å². The van der Waals surface area contributed by atoms with E-state index < -0.39 is 12.0 Å². The van der Waals surface area contributed by atoms with Crippen molar-refractivity contribution in [2.75, 3.05) is 0 Å². The number of nitrogens with one attached hydrogen (secondary N) is 2. The molecule has 0 bridgehead atoms. The molecule has 5 N–H and O–H groups in total. The summed E-state index contributed by atoms with van der Waals surface area (Å²) in [5.41, 5.74) is 5.81. The van der Waals surface area contributed by atoms with Crippen LogP contribution in [0.3, 0.4) is 0 Å². The first-order valence-electron chi connectivity index (χ1n) is 10.9. The number of aliphatic carboxylic acids is 1. The van der Waals surface area contributed by atoms with E-state index >= 15 is 0 Å². The molecule has 3 aliphatic carbocycles. The van der Waals surface area contributed by atoms with Crippen LogP contribution in [0.25, 0.3) is 0 Å². The molecule has 146 valence electrons. The lowest BCUT2D eigenvalue weighted by Gasteiger charge is -2.43. The van der Waals surface area contributed by atoms with Crippen molar-refractivity contribution in [3.8, 4) is 0 Å². The third-order valence-electron chi connectivity index (χ3n) is 8.28. The standard InChI is InChI=1S/C21H35N3O2/c22-20(23)14-8-9-18-16(11-14)17(19(24-18)21(25)26)10-13-6-3-5-12-4-1-2-7-15(12)13/h12-19,24H,1-11H2,(H3,22,23)(H,25,26). The van der Waals surface area contributed by atoms with Gasteiger partial charge in [0.15, 0.2) is 0 Å². The lowest BCUT2D eigenvalue weighted by Crippen LogP contribution is -2.40. The van der Waals surface area contributed by atoms with Crippen molar-refractivity contribution >= 4 is 11.8 Å². The summed E-state index contributed by atoms with van der Waals surface area (Å²) in [7, 11) is 0. The first-order chi connectivity index (χ1) is 12.5. The van der Waals surface area contributed by atoms with Crippen LogP contribution in [0.4, 0.5) is 0 Å². The van der Waals surface area contributed by atoms with Crippen LogP contribution in [0, 0.1) is 40.9 Å². The number of carboxylic acids is 1. The van der Waals surface area contributed by atoms with E-state index in [0.29, 0.717) is 23.7 Å². The second-order valence-corrected chi connectivity index (χ2v) is 9.52. The predicted molar refractivity (Wildman–Crippen MR) is 102 cm³/mol. The van der Waals surface area contributed by atoms with E-state index in [1.165, 1.54) is 44.9 Å². The van der Waals surface area contributed by atoms with Gasteiger partial charge in [0.05, 0.1) is 5.84 Å². The average molecular weight is 362 g/mol. The Labute approximate surface area is 157 Å². The topological polar surface area (TPSA) is 99.2 Å². The fraction of sp³-hybridized carbons (Fsp3) is 0.905. The molecule has 8 unspecified atom stereocenters. The SMILES string of the molecule is N=C(N)C1CCC2NC(C(=O)O)C(CC3CCCC4CCCCC43)C2C1. The lowest BCUT2D eigenvalue weighted by molar-refractivity contribution is -0.140. The van der Waals surface area contributed by atoms with Crippen molar-refractivity contribution in [2.45, 2.75) is 82.7 Å². The van der Waals surface area contributed by atoms with Crippen molar-refractivity contribution in [1.82, 2.24) is 5.32 Å². The molecule has 1 heterocycles. The van der Waals surface area contributed by atoms with Gasteiger partial charge in [0.2, 0.25) is 0 Å². The number of nitrogens with two attached hydrogens (primary N) is 1. The highest BCUT2D eigenvalue weighted by Gasteiger charge is 2.50. The van der Waals surface area contributed by atoms with Gasteiger partial charge in [-0.05, 0) is 61.7 Å². The number of rotatable bonds is 4. The summed E-state index contributed by atoms with van der Waals surface area (Å²) in [6.45, 7) is 0. The Hall–Kier alpha value is -1.10. The number of hydrogen-bond donors (Lipinski definition) is 4. The van der Waals surface area contributed by atoms with Crippen LogP contribution >= 0.6 is 0 Å². The zero-order valence-corrected chi connectivity index (χ0v) is 15.8. The summed E-state index contributed by atoms with van der Waals surface area (Å²) in [6.07, 6.45) is 13.4. The first kappa shape index (κ1) is 18.3. The van der Waals surface area contributed by atoms with Crippen molar-refractivity contribution in [3.05, 3.63) is 0 Å². The van der Waals surface area contributed by atoms with Crippen LogP contribution in [0.2, 0.25) is 0 Å². The molecule has 0 aromatic rings. The van der Waals surface area contributed by atoms with Gasteiger partial charge in [-0.1, -0.05) is 38.5 Å². The van der Waals surface area contributed by atoms with E-state index in [1.807, 2.05) is 0 Å². The molecule has 26 heavy (non-hydrogen) atoms. The number of amidine groups is 1. The van der Waals surface area contributed by atoms with Crippen LogP contribution in [0.5, 0.6) is 0 Å². The van der Waals surface area contributed by atoms with E-state index in [4.69, 9.17) is 11.1 Å². The quantitative estimate of drug-likeness (QED) is 0.456. The molecule has 4 rings (SSSR count). The van der Waals surface area contributed by atoms with Gasteiger partial charge in [-0.25, -0.2) is 0 Å². The van der Waals surface area contributed by atoms with Gasteiger partial charge in [-0.3, -0.25) is 10.2 Å². The van der Waals surface area contributed by atoms with Crippen LogP contribution < -0.4 is 11.1 Å². The highest BCUT2D eigenvalue weighted by atomic mass is 16.4. The van der Waals surface area contributed by atoms with E-state index in [0.717, 1.165) is 37.5 Å². The molecule has 5 nitrogen and oxygen atoms in total. The zero-order valence-electron chi connectivity index (χ0n) is 15.8. The molecular formula is C21H35N3O2. The molecule has 3 saturated carbocycles. The molecular weight excluding hydrogens is 326 g/mol. The molecule has 0 aromatic carbocycles. The molecule has 1 saturated heterocycles. The van der Waals surface area contributed by atoms with Gasteiger partial charge >= 0.3 is 5.97 Å². The third kappa shape index (κ3) is 3.39. The molecule has 4 fully saturated rings. The summed E-state index contributed by atoms with van der Waals surface area (Å²) in [4.78, 5) is 12.0. The van der Waals surface area contributed by atoms with Crippen LogP contribution in [-0.2, 0) is 4.79 Å². The maximum Gasteiger partial charge on any atom is 0.321 e. The number of carboxylic acid groups (broad SMARTS) is 1. The Bertz CT molecular complexity index is 549. The van der Waals surface area contributed by atoms with E-state index in [-0.39, 0.29) is 11.8 Å². The highest BCUT2D eigenvalue weighted by Crippen LogP contribution is 2.49. The molecule has 8 atom stereocenters. The third-order valence-corrected chi connectivity index (χ3v) is 8.28. The molecule has 1 aliphatic heterocycles. The lowest BCUT2D eigenvalue weighted by atomic mass is 9.61. The molecule has 0 aromatic heterocycles. The normalized spacial score (nSPS) is 45.5. The smallest absolute Gasteiger partial charge is 0.321 e. The highest BCUT2D eigenvalue weighted by molar-refractivity contribution is 5.80. The summed E-state index contributed by atoms with van der Waals surface area (Å²) in [6, 6.07) is -0.0953. The number of carbonyl (C=O) groups is 1. The Morgan fingerprint density at radius 2 is 1.81 bits per heavy atom. The van der Waals surface area contributed by atoms with Gasteiger partial charge < -0.3 is 16.2 Å². The summed E-state index contributed by atoms with van der Waals surface area (Å²) in [5.74, 6) is 2.80. The number of fused-ring (bicyclic) bond motifs is 2. The number of hydrogen-bond acceptors (Lipinski definition) is 3. The Morgan fingerprint density at radius 3 is 2.58 bits per heavy atom. The Balaban J connectivity index is 1.51. The largest absolute Gasteiger partial charge is 0.480 e. The first-order valence-corrected chi connectivity index (χ1v) is 10.9. The second-order valence-electron chi connectivity index (χ2n) is 9.52. The van der Waals surface area contributed by atoms with E-state index in [2.05, 4.69) is 5.32 Å². The van der Waals surface area contributed by atoms with Gasteiger partial charge in [-0.15, -0.1) is 0 Å². The van der Waals surface area contributed by atoms with Gasteiger partial charge in [0.25, 0.3) is 0 Å². The van der Waals surface area contributed by atoms with Crippen LogP contribution in [0.15, 0.2) is 0 Å². The van der Waals surface area contributed by atoms with Gasteiger partial charge in [-0.2, -0.15) is 0 Å². The second kappa shape index (κ2) is 7.49. The van der Waals surface area contributed by atoms with Crippen LogP contribution in [0.1, 0.15) is 70.6 Å². The minimum atomic E-state index is -0.681. The maximum atomic E-state index is 12.0. The van der Waals surface area contributed by atoms with Gasteiger partial charge in [0.1, 0.15) is 6.04 Å². The zero-order chi connectivity index (χ0) is 18.3. The van der Waals surface area contributed by atoms with E-state index in [1.54, 1.807) is 0 Å². The fourth-order valence-electron chi connectivity index (χ4n) is 7.05. The van der Waals surface area contributed by atoms with Crippen molar-refractivity contribution in [1.29, 1.82) is 5.41 Å². The summed E-state index contributed by atoms with van der Waals surface area (Å²) >= 11 is 0. The molecule has 0 spiro atoms. The van der Waals surface area contributed by atoms with Gasteiger partial charge in [0, 0.05) is 12.0 Å². The molecule has 0 amide bonds. The maximum absolute atomic E-state index is 12.0. The van der Waals surface area contributed by atoms with Crippen molar-refractivity contribution in [2.24, 2.45) is 41.2 Å². The monoisotopic (exact) mass is 361 g/mol. The summed E-state index contributed by atoms with van der Waals surface area (Å²) in [5, 5.41) is 21.1. The van der Waals surface area contributed by atoms with Crippen LogP contribution in [-0.4, -0.2) is 29.0 Å². The Morgan fingerprint density at radius 1 is 1.04 bits per heavy atom. The summed E-state index contributed by atoms with van der Waals surface area (Å²) < 4.78 is 0. The van der Waals surface area contributed by atoms with E-state index in [9.17, 15) is 9.90 Å². The molecule has 5 heteroatoms. The minimum absolute atomic E-state index is 0.155. The Kier molecular flexibility index (Phi) is 5.27. The minimum Gasteiger partial charge on any atom is -0.480 e. The molecule has 4 aliphatic rings. The average Bonchev–Trinajstić information content (AvgIpc) is 3.00.